The first-order valence-electron chi connectivity index (χ1n) is 7.29. The highest BCUT2D eigenvalue weighted by atomic mass is 16.5. The summed E-state index contributed by atoms with van der Waals surface area (Å²) in [5.74, 6) is 0. The van der Waals surface area contributed by atoms with Crippen LogP contribution >= 0.6 is 0 Å². The van der Waals surface area contributed by atoms with E-state index in [4.69, 9.17) is 4.74 Å². The van der Waals surface area contributed by atoms with Crippen LogP contribution in [-0.2, 0) is 16.8 Å². The van der Waals surface area contributed by atoms with E-state index in [-0.39, 0.29) is 5.60 Å². The minimum atomic E-state index is -0.306. The fourth-order valence-corrected chi connectivity index (χ4v) is 3.14. The highest BCUT2D eigenvalue weighted by Crippen LogP contribution is 2.41. The maximum atomic E-state index is 6.34. The topological polar surface area (TPSA) is 21.3 Å². The van der Waals surface area contributed by atoms with Crippen LogP contribution in [0.2, 0.25) is 0 Å². The van der Waals surface area contributed by atoms with Crippen molar-refractivity contribution < 1.29 is 4.74 Å². The summed E-state index contributed by atoms with van der Waals surface area (Å²) in [6, 6.07) is 19.3. The van der Waals surface area contributed by atoms with Gasteiger partial charge in [0.25, 0.3) is 0 Å². The molecule has 1 atom stereocenters. The molecule has 2 aromatic rings. The minimum Gasteiger partial charge on any atom is -0.365 e. The number of hydrogen-bond acceptors (Lipinski definition) is 2. The van der Waals surface area contributed by atoms with Crippen LogP contribution in [0.15, 0.2) is 54.6 Å². The quantitative estimate of drug-likeness (QED) is 0.919. The number of benzene rings is 2. The highest BCUT2D eigenvalue weighted by molar-refractivity contribution is 5.43. The van der Waals surface area contributed by atoms with Crippen LogP contribution in [0, 0.1) is 0 Å². The van der Waals surface area contributed by atoms with Gasteiger partial charge in [-0.15, -0.1) is 0 Å². The summed E-state index contributed by atoms with van der Waals surface area (Å²) in [5, 5.41) is 3.26. The van der Waals surface area contributed by atoms with Crippen LogP contribution in [0.4, 0.5) is 0 Å². The van der Waals surface area contributed by atoms with Gasteiger partial charge in [0, 0.05) is 0 Å². The second kappa shape index (κ2) is 5.78. The number of rotatable bonds is 4. The van der Waals surface area contributed by atoms with Crippen molar-refractivity contribution in [1.29, 1.82) is 0 Å². The predicted molar refractivity (Wildman–Crippen MR) is 81.9 cm³/mol. The Morgan fingerprint density at radius 1 is 1.05 bits per heavy atom. The third-order valence-corrected chi connectivity index (χ3v) is 4.14. The van der Waals surface area contributed by atoms with E-state index in [9.17, 15) is 0 Å². The van der Waals surface area contributed by atoms with E-state index >= 15 is 0 Å². The third kappa shape index (κ3) is 2.26. The van der Waals surface area contributed by atoms with Crippen molar-refractivity contribution >= 4 is 0 Å². The summed E-state index contributed by atoms with van der Waals surface area (Å²) >= 11 is 0. The fourth-order valence-electron chi connectivity index (χ4n) is 3.14. The molecule has 1 N–H and O–H groups in total. The standard InChI is InChI=1S/C18H21NO/c1-19-13-12-18(16-8-3-2-4-9-16)17-10-6-5-7-15(17)11-14-20-18/h2-10,19H,11-14H2,1H3. The molecule has 1 unspecified atom stereocenters. The minimum absolute atomic E-state index is 0.306. The maximum absolute atomic E-state index is 6.34. The van der Waals surface area contributed by atoms with Crippen molar-refractivity contribution in [3.05, 3.63) is 71.3 Å². The second-order valence-electron chi connectivity index (χ2n) is 5.30. The first kappa shape index (κ1) is 13.3. The lowest BCUT2D eigenvalue weighted by Gasteiger charge is -2.40. The molecule has 0 aromatic heterocycles. The van der Waals surface area contributed by atoms with Crippen molar-refractivity contribution in [1.82, 2.24) is 5.32 Å². The van der Waals surface area contributed by atoms with Gasteiger partial charge in [0.2, 0.25) is 0 Å². The van der Waals surface area contributed by atoms with E-state index in [2.05, 4.69) is 59.9 Å². The van der Waals surface area contributed by atoms with E-state index in [0.29, 0.717) is 0 Å². The predicted octanol–water partition coefficient (Wildman–Crippen LogP) is 3.11. The zero-order valence-corrected chi connectivity index (χ0v) is 11.9. The largest absolute Gasteiger partial charge is 0.365 e. The molecule has 3 rings (SSSR count). The highest BCUT2D eigenvalue weighted by Gasteiger charge is 2.38. The fraction of sp³-hybridized carbons (Fsp3) is 0.333. The summed E-state index contributed by atoms with van der Waals surface area (Å²) in [7, 11) is 1.99. The Balaban J connectivity index is 2.12. The van der Waals surface area contributed by atoms with Gasteiger partial charge in [-0.2, -0.15) is 0 Å². The Kier molecular flexibility index (Phi) is 3.86. The molecule has 20 heavy (non-hydrogen) atoms. The van der Waals surface area contributed by atoms with Gasteiger partial charge in [0.15, 0.2) is 0 Å². The maximum Gasteiger partial charge on any atom is 0.120 e. The molecule has 1 aliphatic rings. The van der Waals surface area contributed by atoms with Crippen molar-refractivity contribution in [3.63, 3.8) is 0 Å². The summed E-state index contributed by atoms with van der Waals surface area (Å²) in [6.07, 6.45) is 1.95. The lowest BCUT2D eigenvalue weighted by atomic mass is 9.78. The molecule has 0 bridgehead atoms. The molecule has 0 spiro atoms. The van der Waals surface area contributed by atoms with Gasteiger partial charge in [0.1, 0.15) is 5.60 Å². The smallest absolute Gasteiger partial charge is 0.120 e. The number of hydrogen-bond donors (Lipinski definition) is 1. The Bertz CT molecular complexity index is 567. The number of nitrogens with one attached hydrogen (secondary N) is 1. The van der Waals surface area contributed by atoms with Gasteiger partial charge in [0.05, 0.1) is 6.61 Å². The van der Waals surface area contributed by atoms with Gasteiger partial charge in [-0.1, -0.05) is 54.6 Å². The summed E-state index contributed by atoms with van der Waals surface area (Å²) in [6.45, 7) is 1.72. The lowest BCUT2D eigenvalue weighted by Crippen LogP contribution is -2.39. The average Bonchev–Trinajstić information content (AvgIpc) is 2.54. The van der Waals surface area contributed by atoms with Crippen molar-refractivity contribution in [2.45, 2.75) is 18.4 Å². The zero-order chi connectivity index (χ0) is 13.8. The van der Waals surface area contributed by atoms with Gasteiger partial charge in [-0.25, -0.2) is 0 Å². The van der Waals surface area contributed by atoms with E-state index in [1.807, 2.05) is 7.05 Å². The molecule has 0 saturated carbocycles. The van der Waals surface area contributed by atoms with Crippen LogP contribution in [-0.4, -0.2) is 20.2 Å². The molecule has 1 heterocycles. The van der Waals surface area contributed by atoms with E-state index in [0.717, 1.165) is 26.0 Å². The number of fused-ring (bicyclic) bond motifs is 1. The van der Waals surface area contributed by atoms with Crippen LogP contribution in [0.3, 0.4) is 0 Å². The summed E-state index contributed by atoms with van der Waals surface area (Å²) in [5.41, 5.74) is 3.69. The Morgan fingerprint density at radius 3 is 2.60 bits per heavy atom. The monoisotopic (exact) mass is 267 g/mol. The summed E-state index contributed by atoms with van der Waals surface area (Å²) in [4.78, 5) is 0. The van der Waals surface area contributed by atoms with Crippen molar-refractivity contribution in [2.75, 3.05) is 20.2 Å². The van der Waals surface area contributed by atoms with Gasteiger partial charge >= 0.3 is 0 Å². The van der Waals surface area contributed by atoms with E-state index in [1.54, 1.807) is 0 Å². The van der Waals surface area contributed by atoms with Crippen molar-refractivity contribution in [3.8, 4) is 0 Å². The van der Waals surface area contributed by atoms with Crippen LogP contribution in [0.1, 0.15) is 23.1 Å². The number of ether oxygens (including phenoxy) is 1. The molecule has 0 aliphatic carbocycles. The molecule has 2 aromatic carbocycles. The van der Waals surface area contributed by atoms with Gasteiger partial charge in [-0.05, 0) is 43.1 Å². The average molecular weight is 267 g/mol. The third-order valence-electron chi connectivity index (χ3n) is 4.14. The van der Waals surface area contributed by atoms with Gasteiger partial charge < -0.3 is 10.1 Å². The normalized spacial score (nSPS) is 21.4. The van der Waals surface area contributed by atoms with Gasteiger partial charge in [-0.3, -0.25) is 0 Å². The molecule has 0 amide bonds. The lowest BCUT2D eigenvalue weighted by molar-refractivity contribution is -0.0339. The molecular formula is C18H21NO. The summed E-state index contributed by atoms with van der Waals surface area (Å²) < 4.78 is 6.34. The molecular weight excluding hydrogens is 246 g/mol. The van der Waals surface area contributed by atoms with Crippen LogP contribution < -0.4 is 5.32 Å². The molecule has 0 fully saturated rings. The molecule has 2 nitrogen and oxygen atoms in total. The Hall–Kier alpha value is -1.64. The Labute approximate surface area is 120 Å². The molecule has 104 valence electrons. The van der Waals surface area contributed by atoms with Crippen LogP contribution in [0.25, 0.3) is 0 Å². The SMILES string of the molecule is CNCCC1(c2ccccc2)OCCc2ccccc21. The van der Waals surface area contributed by atoms with Crippen molar-refractivity contribution in [2.24, 2.45) is 0 Å². The molecule has 0 radical (unpaired) electrons. The molecule has 1 aliphatic heterocycles. The first-order chi connectivity index (χ1) is 9.87. The van der Waals surface area contributed by atoms with E-state index < -0.39 is 0 Å². The molecule has 0 saturated heterocycles. The van der Waals surface area contributed by atoms with E-state index in [1.165, 1.54) is 16.7 Å². The van der Waals surface area contributed by atoms with Crippen LogP contribution in [0.5, 0.6) is 0 Å². The second-order valence-corrected chi connectivity index (χ2v) is 5.30. The Morgan fingerprint density at radius 2 is 1.80 bits per heavy atom. The zero-order valence-electron chi connectivity index (χ0n) is 11.9. The first-order valence-corrected chi connectivity index (χ1v) is 7.29. The molecule has 2 heteroatoms.